The molecule has 156 valence electrons. The van der Waals surface area contributed by atoms with Gasteiger partial charge in [-0.2, -0.15) is 5.10 Å². The first-order valence-electron chi connectivity index (χ1n) is 10.7. The second-order valence-electron chi connectivity index (χ2n) is 8.06. The van der Waals surface area contributed by atoms with Gasteiger partial charge < -0.3 is 10.6 Å². The molecule has 1 fully saturated rings. The van der Waals surface area contributed by atoms with Crippen molar-refractivity contribution in [3.8, 4) is 0 Å². The molecule has 1 unspecified atom stereocenters. The van der Waals surface area contributed by atoms with Crippen molar-refractivity contribution in [3.63, 3.8) is 0 Å². The number of carbonyl (C=O) groups is 2. The molecule has 2 aliphatic rings. The summed E-state index contributed by atoms with van der Waals surface area (Å²) in [5, 5.41) is 4.85. The molecular formula is C24H28N4O2. The molecule has 2 aromatic rings. The van der Waals surface area contributed by atoms with E-state index >= 15 is 0 Å². The highest BCUT2D eigenvalue weighted by molar-refractivity contribution is 6.37. The topological polar surface area (TPSA) is 81.2 Å². The van der Waals surface area contributed by atoms with Gasteiger partial charge in [0.2, 0.25) is 5.78 Å². The number of amides is 1. The highest BCUT2D eigenvalue weighted by Gasteiger charge is 2.32. The molecule has 1 aliphatic heterocycles. The van der Waals surface area contributed by atoms with Gasteiger partial charge in [-0.25, -0.2) is 4.68 Å². The quantitative estimate of drug-likeness (QED) is 0.718. The van der Waals surface area contributed by atoms with E-state index in [1.807, 2.05) is 64.3 Å². The number of benzene rings is 1. The minimum atomic E-state index is -0.909. The van der Waals surface area contributed by atoms with Crippen LogP contribution in [0.5, 0.6) is 0 Å². The number of aromatic nitrogens is 2. The molecule has 6 heteroatoms. The first-order valence-corrected chi connectivity index (χ1v) is 10.7. The number of nitrogens with two attached hydrogens (primary N) is 1. The summed E-state index contributed by atoms with van der Waals surface area (Å²) >= 11 is 0. The van der Waals surface area contributed by atoms with E-state index in [-0.39, 0.29) is 0 Å². The Morgan fingerprint density at radius 3 is 2.60 bits per heavy atom. The minimum Gasteiger partial charge on any atom is -0.363 e. The van der Waals surface area contributed by atoms with Crippen LogP contribution >= 0.6 is 0 Å². The Kier molecular flexibility index (Phi) is 6.12. The van der Waals surface area contributed by atoms with Crippen LogP contribution in [-0.4, -0.2) is 39.0 Å². The van der Waals surface area contributed by atoms with Gasteiger partial charge in [-0.15, -0.1) is 0 Å². The molecule has 30 heavy (non-hydrogen) atoms. The van der Waals surface area contributed by atoms with Gasteiger partial charge in [-0.1, -0.05) is 61.7 Å². The monoisotopic (exact) mass is 404 g/mol. The molecule has 0 saturated heterocycles. The zero-order valence-electron chi connectivity index (χ0n) is 17.1. The Hall–Kier alpha value is -3.15. The number of Topliss-reactive ketones (excluding diaryl/α,β-unsaturated/α-hetero) is 1. The summed E-state index contributed by atoms with van der Waals surface area (Å²) in [7, 11) is 0. The molecule has 6 nitrogen and oxygen atoms in total. The van der Waals surface area contributed by atoms with Crippen LogP contribution in [0.15, 0.2) is 60.8 Å². The number of hydrogen-bond donors (Lipinski definition) is 1. The van der Waals surface area contributed by atoms with E-state index in [2.05, 4.69) is 6.07 Å². The molecule has 1 aromatic heterocycles. The average molecular weight is 405 g/mol. The van der Waals surface area contributed by atoms with Crippen LogP contribution in [0.2, 0.25) is 0 Å². The fourth-order valence-corrected chi connectivity index (χ4v) is 4.44. The number of primary amides is 1. The lowest BCUT2D eigenvalue weighted by molar-refractivity contribution is -0.138. The molecule has 4 rings (SSSR count). The van der Waals surface area contributed by atoms with Crippen molar-refractivity contribution in [3.05, 3.63) is 72.1 Å². The molecule has 1 saturated carbocycles. The summed E-state index contributed by atoms with van der Waals surface area (Å²) in [5.41, 5.74) is 7.49. The summed E-state index contributed by atoms with van der Waals surface area (Å²) in [6.07, 6.45) is 14.4. The van der Waals surface area contributed by atoms with E-state index in [4.69, 9.17) is 10.8 Å². The van der Waals surface area contributed by atoms with Crippen LogP contribution in [0.3, 0.4) is 0 Å². The van der Waals surface area contributed by atoms with E-state index in [9.17, 15) is 9.59 Å². The number of hydrogen-bond acceptors (Lipinski definition) is 4. The molecule has 0 spiro atoms. The van der Waals surface area contributed by atoms with Gasteiger partial charge in [-0.05, 0) is 30.5 Å². The van der Waals surface area contributed by atoms with Crippen molar-refractivity contribution in [1.82, 2.24) is 14.7 Å². The van der Waals surface area contributed by atoms with E-state index in [1.54, 1.807) is 0 Å². The van der Waals surface area contributed by atoms with Gasteiger partial charge in [0, 0.05) is 25.1 Å². The largest absolute Gasteiger partial charge is 0.363 e. The van der Waals surface area contributed by atoms with Crippen LogP contribution in [-0.2, 0) is 16.0 Å². The van der Waals surface area contributed by atoms with Gasteiger partial charge in [0.25, 0.3) is 5.91 Å². The van der Waals surface area contributed by atoms with E-state index in [0.717, 1.165) is 17.1 Å². The Bertz CT molecular complexity index is 955. The minimum absolute atomic E-state index is 0.407. The average Bonchev–Trinajstić information content (AvgIpc) is 3.28. The summed E-state index contributed by atoms with van der Waals surface area (Å²) in [6.45, 7) is 0.515. The number of rotatable bonds is 7. The first-order chi connectivity index (χ1) is 14.6. The third-order valence-corrected chi connectivity index (χ3v) is 6.04. The van der Waals surface area contributed by atoms with Crippen molar-refractivity contribution >= 4 is 17.5 Å². The zero-order chi connectivity index (χ0) is 20.9. The lowest BCUT2D eigenvalue weighted by Crippen LogP contribution is -2.48. The second-order valence-corrected chi connectivity index (χ2v) is 8.06. The highest BCUT2D eigenvalue weighted by atomic mass is 16.2. The van der Waals surface area contributed by atoms with Crippen molar-refractivity contribution < 1.29 is 9.59 Å². The van der Waals surface area contributed by atoms with Crippen LogP contribution in [0.1, 0.15) is 49.3 Å². The predicted molar refractivity (Wildman–Crippen MR) is 116 cm³/mol. The lowest BCUT2D eigenvalue weighted by atomic mass is 9.87. The van der Waals surface area contributed by atoms with Crippen molar-refractivity contribution in [2.75, 3.05) is 6.54 Å². The Morgan fingerprint density at radius 2 is 1.87 bits per heavy atom. The third kappa shape index (κ3) is 4.37. The predicted octanol–water partition coefficient (Wildman–Crippen LogP) is 3.27. The van der Waals surface area contributed by atoms with Gasteiger partial charge in [-0.3, -0.25) is 9.59 Å². The molecule has 1 atom stereocenters. The van der Waals surface area contributed by atoms with Gasteiger partial charge >= 0.3 is 0 Å². The highest BCUT2D eigenvalue weighted by Crippen LogP contribution is 2.32. The molecule has 1 aromatic carbocycles. The summed E-state index contributed by atoms with van der Waals surface area (Å²) in [5.74, 6) is -0.205. The van der Waals surface area contributed by atoms with Crippen molar-refractivity contribution in [1.29, 1.82) is 0 Å². The molecule has 2 N–H and O–H groups in total. The normalized spacial score (nSPS) is 18.1. The van der Waals surface area contributed by atoms with Crippen LogP contribution in [0.4, 0.5) is 0 Å². The SMILES string of the molecule is NC(=O)C(=O)C(Cc1ccccc1)N1CC=CC=C1n1ccc(C2CCCCC2)n1. The number of ketones is 1. The zero-order valence-corrected chi connectivity index (χ0v) is 17.1. The van der Waals surface area contributed by atoms with Gasteiger partial charge in [0.05, 0.1) is 5.69 Å². The molecular weight excluding hydrogens is 376 g/mol. The van der Waals surface area contributed by atoms with Gasteiger partial charge in [0.15, 0.2) is 0 Å². The number of nitrogens with zero attached hydrogens (tertiary/aromatic N) is 3. The van der Waals surface area contributed by atoms with E-state index < -0.39 is 17.7 Å². The summed E-state index contributed by atoms with van der Waals surface area (Å²) in [6, 6.07) is 11.1. The fourth-order valence-electron chi connectivity index (χ4n) is 4.44. The first kappa shape index (κ1) is 20.1. The Balaban J connectivity index is 1.62. The standard InChI is InChI=1S/C24H28N4O2/c25-24(30)23(29)21(17-18-9-3-1-4-10-18)27-15-8-7-13-22(27)28-16-14-20(26-28)19-11-5-2-6-12-19/h1,3-4,7-10,13-14,16,19,21H,2,5-6,11-12,15,17H2,(H2,25,30). The van der Waals surface area contributed by atoms with Gasteiger partial charge in [0.1, 0.15) is 11.9 Å². The maximum absolute atomic E-state index is 12.8. The maximum atomic E-state index is 12.8. The fraction of sp³-hybridized carbons (Fsp3) is 0.375. The number of allylic oxidation sites excluding steroid dienone is 2. The van der Waals surface area contributed by atoms with E-state index in [1.165, 1.54) is 32.1 Å². The van der Waals surface area contributed by atoms with E-state index in [0.29, 0.717) is 18.9 Å². The maximum Gasteiger partial charge on any atom is 0.287 e. The van der Waals surface area contributed by atoms with Crippen LogP contribution < -0.4 is 5.73 Å². The van der Waals surface area contributed by atoms with Crippen LogP contribution in [0, 0.1) is 0 Å². The molecule has 1 aliphatic carbocycles. The van der Waals surface area contributed by atoms with Crippen molar-refractivity contribution in [2.45, 2.75) is 50.5 Å². The second kappa shape index (κ2) is 9.11. The molecule has 0 radical (unpaired) electrons. The van der Waals surface area contributed by atoms with Crippen LogP contribution in [0.25, 0.3) is 5.82 Å². The molecule has 0 bridgehead atoms. The van der Waals surface area contributed by atoms with Crippen molar-refractivity contribution in [2.24, 2.45) is 5.73 Å². The Labute approximate surface area is 177 Å². The Morgan fingerprint density at radius 1 is 1.10 bits per heavy atom. The summed E-state index contributed by atoms with van der Waals surface area (Å²) in [4.78, 5) is 26.5. The third-order valence-electron chi connectivity index (χ3n) is 6.04. The lowest BCUT2D eigenvalue weighted by Gasteiger charge is -2.34. The summed E-state index contributed by atoms with van der Waals surface area (Å²) < 4.78 is 1.83. The molecule has 2 heterocycles. The number of carbonyl (C=O) groups excluding carboxylic acids is 2. The molecule has 1 amide bonds. The smallest absolute Gasteiger partial charge is 0.287 e.